The van der Waals surface area contributed by atoms with Gasteiger partial charge in [0.05, 0.1) is 31.6 Å². The molecule has 0 spiro atoms. The number of nitrogens with zero attached hydrogens (tertiary/aromatic N) is 6. The molecule has 3 amide bonds. The van der Waals surface area contributed by atoms with Gasteiger partial charge in [-0.25, -0.2) is 9.59 Å². The zero-order valence-electron chi connectivity index (χ0n) is 42.7. The van der Waals surface area contributed by atoms with E-state index in [9.17, 15) is 44.7 Å². The summed E-state index contributed by atoms with van der Waals surface area (Å²) in [6, 6.07) is 5.78. The summed E-state index contributed by atoms with van der Waals surface area (Å²) in [5.41, 5.74) is 0.493. The van der Waals surface area contributed by atoms with Crippen molar-refractivity contribution >= 4 is 47.4 Å². The van der Waals surface area contributed by atoms with Crippen LogP contribution in [0.1, 0.15) is 70.3 Å². The smallest absolute Gasteiger partial charge is 0.326 e. The summed E-state index contributed by atoms with van der Waals surface area (Å²) in [6.45, 7) is 4.46. The summed E-state index contributed by atoms with van der Waals surface area (Å²) in [4.78, 5) is 65.4. The van der Waals surface area contributed by atoms with Gasteiger partial charge in [-0.2, -0.15) is 15.0 Å². The fourth-order valence-corrected chi connectivity index (χ4v) is 7.64. The van der Waals surface area contributed by atoms with Crippen LogP contribution < -0.4 is 42.1 Å². The van der Waals surface area contributed by atoms with E-state index < -0.39 is 36.0 Å². The normalized spacial score (nSPS) is 18.5. The lowest BCUT2D eigenvalue weighted by Crippen LogP contribution is -2.47. The number of anilines is 4. The Labute approximate surface area is 423 Å². The van der Waals surface area contributed by atoms with Crippen LogP contribution in [0.3, 0.4) is 0 Å². The monoisotopic (exact) mass is 1010 g/mol. The minimum absolute atomic E-state index is 0.0253. The number of carbonyl (C=O) groups is 4. The molecule has 23 heteroatoms. The first-order valence-corrected chi connectivity index (χ1v) is 24.4. The number of aliphatic hydroxyl groups is 4. The van der Waals surface area contributed by atoms with Crippen molar-refractivity contribution < 1.29 is 49.8 Å². The second-order valence-corrected chi connectivity index (χ2v) is 18.4. The molecule has 0 aliphatic carbocycles. The average molecular weight is 1010 g/mol. The van der Waals surface area contributed by atoms with Crippen molar-refractivity contribution in [2.45, 2.75) is 83.2 Å². The number of unbranched alkanes of at least 4 members (excludes halogenated alkanes) is 5. The summed E-state index contributed by atoms with van der Waals surface area (Å²) in [6.07, 6.45) is 12.6. The Hall–Kier alpha value is -6.69. The standard InChI is InChI=1S/C49H79N13O10/c1-34(53-30-38(64)26-49(25-37(63)29-50-2)27-39(65)32-61(5)22-23-62(6)33-40(66)28-49)24-35-16-18-36(19-17-35)55-46-57-45(58-47(59-46)60(3)4)52-21-12-9-7-8-10-15-42(67)51-20-13-11-14-41(44(70)71)56-48(72)54-31-43(68)69/h16-19,25-28,34,41,50,53,63-66H,7-15,20-24,29-33H2,1-6H3,(H,51,67)(H,68,69)(H,70,71)(H2,54,56,72)(H2,52,55,57,58,59)/b37-25+,38-26+,39-27+,40-28+/t34?,41-/m0/s1. The third-order valence-corrected chi connectivity index (χ3v) is 11.3. The number of aromatic nitrogens is 3. The predicted molar refractivity (Wildman–Crippen MR) is 278 cm³/mol. The van der Waals surface area contributed by atoms with Crippen LogP contribution in [0.4, 0.5) is 28.3 Å². The largest absolute Gasteiger partial charge is 0.511 e. The van der Waals surface area contributed by atoms with Gasteiger partial charge in [-0.15, -0.1) is 0 Å². The number of urea groups is 1. The number of carboxylic acid groups (broad SMARTS) is 2. The van der Waals surface area contributed by atoms with Crippen molar-refractivity contribution in [1.29, 1.82) is 0 Å². The van der Waals surface area contributed by atoms with E-state index in [1.807, 2.05) is 69.2 Å². The zero-order valence-corrected chi connectivity index (χ0v) is 42.7. The molecule has 2 heterocycles. The van der Waals surface area contributed by atoms with Crippen molar-refractivity contribution in [1.82, 2.24) is 51.3 Å². The number of hydrogen-bond acceptors (Lipinski definition) is 18. The molecule has 0 bridgehead atoms. The number of nitrogens with one attached hydrogen (secondary N) is 7. The molecule has 2 aromatic rings. The van der Waals surface area contributed by atoms with Crippen LogP contribution in [0.15, 0.2) is 71.6 Å². The van der Waals surface area contributed by atoms with Gasteiger partial charge in [0.2, 0.25) is 23.8 Å². The molecule has 13 N–H and O–H groups in total. The number of aliphatic hydroxyl groups excluding tert-OH is 4. The lowest BCUT2D eigenvalue weighted by Gasteiger charge is -2.24. The maximum absolute atomic E-state index is 12.3. The van der Waals surface area contributed by atoms with E-state index >= 15 is 0 Å². The Morgan fingerprint density at radius 1 is 0.764 bits per heavy atom. The molecule has 0 radical (unpaired) electrons. The third-order valence-electron chi connectivity index (χ3n) is 11.3. The van der Waals surface area contributed by atoms with Crippen LogP contribution in [0.25, 0.3) is 0 Å². The highest BCUT2D eigenvalue weighted by atomic mass is 16.4. The van der Waals surface area contributed by atoms with E-state index in [4.69, 9.17) is 5.11 Å². The minimum Gasteiger partial charge on any atom is -0.511 e. The van der Waals surface area contributed by atoms with E-state index in [0.29, 0.717) is 69.7 Å². The van der Waals surface area contributed by atoms with Gasteiger partial charge in [-0.3, -0.25) is 19.4 Å². The van der Waals surface area contributed by atoms with E-state index in [-0.39, 0.29) is 67.6 Å². The maximum atomic E-state index is 12.3. The second-order valence-electron chi connectivity index (χ2n) is 18.4. The van der Waals surface area contributed by atoms with Gasteiger partial charge in [0, 0.05) is 58.4 Å². The van der Waals surface area contributed by atoms with Gasteiger partial charge in [0.15, 0.2) is 0 Å². The number of rotatable bonds is 30. The number of carbonyl (C=O) groups excluding carboxylic acids is 2. The molecule has 3 rings (SSSR count). The molecule has 2 atom stereocenters. The van der Waals surface area contributed by atoms with Gasteiger partial charge in [-0.05, 0) is 109 Å². The molecular weight excluding hydrogens is 931 g/mol. The Morgan fingerprint density at radius 2 is 1.36 bits per heavy atom. The van der Waals surface area contributed by atoms with Crippen LogP contribution in [0, 0.1) is 5.41 Å². The van der Waals surface area contributed by atoms with Gasteiger partial charge < -0.3 is 72.8 Å². The predicted octanol–water partition coefficient (Wildman–Crippen LogP) is 3.93. The summed E-state index contributed by atoms with van der Waals surface area (Å²) in [7, 11) is 9.17. The summed E-state index contributed by atoms with van der Waals surface area (Å²) in [5, 5.41) is 81.9. The van der Waals surface area contributed by atoms with Gasteiger partial charge in [0.1, 0.15) is 35.6 Å². The van der Waals surface area contributed by atoms with Crippen LogP contribution in [-0.2, 0) is 20.8 Å². The third kappa shape index (κ3) is 24.4. The lowest BCUT2D eigenvalue weighted by atomic mass is 9.84. The number of hydrogen-bond donors (Lipinski definition) is 13. The Kier molecular flexibility index (Phi) is 26.2. The highest BCUT2D eigenvalue weighted by Crippen LogP contribution is 2.31. The Bertz CT molecular complexity index is 2120. The second kappa shape index (κ2) is 31.6. The maximum Gasteiger partial charge on any atom is 0.326 e. The molecule has 72 heavy (non-hydrogen) atoms. The highest BCUT2D eigenvalue weighted by molar-refractivity contribution is 5.84. The first-order chi connectivity index (χ1) is 34.2. The van der Waals surface area contributed by atoms with Crippen molar-refractivity contribution in [2.75, 3.05) is 110 Å². The molecule has 1 unspecified atom stereocenters. The van der Waals surface area contributed by atoms with Gasteiger partial charge in [-0.1, -0.05) is 31.4 Å². The quantitative estimate of drug-likeness (QED) is 0.0389. The minimum atomic E-state index is -1.34. The van der Waals surface area contributed by atoms with Crippen molar-refractivity contribution in [3.8, 4) is 0 Å². The number of carboxylic acids is 2. The first-order valence-electron chi connectivity index (χ1n) is 24.4. The number of aliphatic carboxylic acids is 2. The summed E-state index contributed by atoms with van der Waals surface area (Å²) < 4.78 is 0. The summed E-state index contributed by atoms with van der Waals surface area (Å²) in [5.74, 6) is -1.27. The van der Waals surface area contributed by atoms with E-state index in [0.717, 1.165) is 43.4 Å². The number of likely N-dealkylation sites (N-methyl/N-ethyl adjacent to an activating group) is 3. The lowest BCUT2D eigenvalue weighted by molar-refractivity contribution is -0.139. The number of allylic oxidation sites excluding steroid dienone is 4. The van der Waals surface area contributed by atoms with Gasteiger partial charge in [0.25, 0.3) is 0 Å². The zero-order chi connectivity index (χ0) is 53.1. The van der Waals surface area contributed by atoms with E-state index in [1.165, 1.54) is 24.3 Å². The topological polar surface area (TPSA) is 322 Å². The van der Waals surface area contributed by atoms with Crippen LogP contribution in [0.5, 0.6) is 0 Å². The Morgan fingerprint density at radius 3 is 1.97 bits per heavy atom. The van der Waals surface area contributed by atoms with Crippen LogP contribution in [-0.4, -0.2) is 185 Å². The molecule has 1 aromatic carbocycles. The molecule has 0 saturated heterocycles. The molecule has 0 saturated carbocycles. The molecule has 1 aromatic heterocycles. The molecule has 1 aliphatic heterocycles. The van der Waals surface area contributed by atoms with Crippen molar-refractivity contribution in [2.24, 2.45) is 5.41 Å². The highest BCUT2D eigenvalue weighted by Gasteiger charge is 2.27. The van der Waals surface area contributed by atoms with Crippen molar-refractivity contribution in [3.63, 3.8) is 0 Å². The average Bonchev–Trinajstić information content (AvgIpc) is 3.31. The van der Waals surface area contributed by atoms with Crippen molar-refractivity contribution in [3.05, 3.63) is 77.2 Å². The molecular formula is C49H79N13O10. The van der Waals surface area contributed by atoms with E-state index in [2.05, 4.69) is 52.2 Å². The molecule has 400 valence electrons. The molecule has 1 aliphatic rings. The van der Waals surface area contributed by atoms with Crippen LogP contribution >= 0.6 is 0 Å². The fraction of sp³-hybridized carbons (Fsp3) is 0.571. The fourth-order valence-electron chi connectivity index (χ4n) is 7.64. The van der Waals surface area contributed by atoms with Gasteiger partial charge >= 0.3 is 18.0 Å². The SMILES string of the molecule is CNC/C(O)=C\C1(/C=C(/O)CNC(C)Cc2ccc(Nc3nc(NCCCCCCCC(=O)NCCCC[C@H](NC(=O)NCC(=O)O)C(=O)O)nc(N(C)C)n3)cc2)/C=C(/O)CN(C)CCN(C)C/C(O)=C\1. The summed E-state index contributed by atoms with van der Waals surface area (Å²) >= 11 is 0. The Balaban J connectivity index is 1.45. The number of amides is 3. The number of benzene rings is 1. The molecule has 23 nitrogen and oxygen atoms in total. The van der Waals surface area contributed by atoms with Crippen LogP contribution in [0.2, 0.25) is 0 Å². The van der Waals surface area contributed by atoms with E-state index in [1.54, 1.807) is 11.9 Å². The molecule has 0 fully saturated rings. The first kappa shape index (κ1) is 59.6.